The van der Waals surface area contributed by atoms with Crippen molar-refractivity contribution in [3.8, 4) is 22.6 Å². The second-order valence-corrected chi connectivity index (χ2v) is 8.93. The van der Waals surface area contributed by atoms with E-state index in [9.17, 15) is 9.18 Å². The molecule has 0 unspecified atom stereocenters. The molecule has 1 fully saturated rings. The molecule has 0 spiro atoms. The van der Waals surface area contributed by atoms with Gasteiger partial charge in [0.1, 0.15) is 5.82 Å². The van der Waals surface area contributed by atoms with E-state index >= 15 is 0 Å². The Morgan fingerprint density at radius 1 is 1.26 bits per heavy atom. The highest BCUT2D eigenvalue weighted by Gasteiger charge is 2.41. The highest BCUT2D eigenvalue weighted by atomic mass is 19.1. The van der Waals surface area contributed by atoms with Crippen LogP contribution in [0.4, 0.5) is 10.3 Å². The lowest BCUT2D eigenvalue weighted by Crippen LogP contribution is -2.50. The molecule has 3 heterocycles. The van der Waals surface area contributed by atoms with Crippen molar-refractivity contribution in [1.29, 1.82) is 0 Å². The molecule has 1 aliphatic heterocycles. The second-order valence-electron chi connectivity index (χ2n) is 8.93. The fourth-order valence-corrected chi connectivity index (χ4v) is 3.59. The first-order valence-electron chi connectivity index (χ1n) is 11.4. The number of carbonyl (C=O) groups excluding carboxylic acids is 1. The predicted molar refractivity (Wildman–Crippen MR) is 130 cm³/mol. The van der Waals surface area contributed by atoms with Crippen LogP contribution in [0, 0.1) is 11.2 Å². The Balaban J connectivity index is 1.64. The maximum Gasteiger partial charge on any atom is 0.230 e. The Morgan fingerprint density at radius 2 is 1.97 bits per heavy atom. The average molecular weight is 481 g/mol. The minimum atomic E-state index is -0.811. The third-order valence-electron chi connectivity index (χ3n) is 5.45. The van der Waals surface area contributed by atoms with Gasteiger partial charge < -0.3 is 25.1 Å². The van der Waals surface area contributed by atoms with Crippen LogP contribution in [0.2, 0.25) is 0 Å². The number of amides is 1. The van der Waals surface area contributed by atoms with Crippen molar-refractivity contribution < 1.29 is 18.7 Å². The first kappa shape index (κ1) is 24.5. The van der Waals surface area contributed by atoms with Gasteiger partial charge in [-0.25, -0.2) is 19.3 Å². The fourth-order valence-electron chi connectivity index (χ4n) is 3.59. The van der Waals surface area contributed by atoms with Crippen molar-refractivity contribution in [3.05, 3.63) is 60.8 Å². The van der Waals surface area contributed by atoms with E-state index in [4.69, 9.17) is 14.5 Å². The molecule has 35 heavy (non-hydrogen) atoms. The largest absolute Gasteiger partial charge is 0.353 e. The standard InChI is InChI=1S/C25H29FN6O3/c1-5-11-27-24-28-12-10-18(30-24)20-19(16-6-8-17(26)9-7-16)31-21(32-20)22-34-13-25(4,14-35-22)23(33)29-15(2)3/h5-10,12,15,22H,1,11,13-14H2,2-4H3,(H,29,33)(H,31,32)(H,27,28,30). The van der Waals surface area contributed by atoms with Crippen molar-refractivity contribution >= 4 is 11.9 Å². The minimum Gasteiger partial charge on any atom is -0.353 e. The normalized spacial score (nSPS) is 20.0. The number of rotatable bonds is 8. The number of halogens is 1. The number of aromatic nitrogens is 4. The maximum atomic E-state index is 13.6. The Hall–Kier alpha value is -3.63. The number of nitrogens with zero attached hydrogens (tertiary/aromatic N) is 3. The Morgan fingerprint density at radius 3 is 2.63 bits per heavy atom. The summed E-state index contributed by atoms with van der Waals surface area (Å²) in [7, 11) is 0. The lowest BCUT2D eigenvalue weighted by molar-refractivity contribution is -0.231. The maximum absolute atomic E-state index is 13.6. The monoisotopic (exact) mass is 480 g/mol. The molecule has 3 N–H and O–H groups in total. The van der Waals surface area contributed by atoms with Gasteiger partial charge in [-0.1, -0.05) is 6.08 Å². The molecule has 0 bridgehead atoms. The van der Waals surface area contributed by atoms with Crippen LogP contribution in [0.1, 0.15) is 32.9 Å². The number of nitrogens with one attached hydrogen (secondary N) is 3. The highest BCUT2D eigenvalue weighted by Crippen LogP contribution is 2.35. The summed E-state index contributed by atoms with van der Waals surface area (Å²) in [5, 5.41) is 5.97. The van der Waals surface area contributed by atoms with Gasteiger partial charge in [-0.05, 0) is 51.1 Å². The molecule has 0 atom stereocenters. The molecule has 2 aromatic heterocycles. The van der Waals surface area contributed by atoms with Crippen LogP contribution in [0.25, 0.3) is 22.6 Å². The third-order valence-corrected chi connectivity index (χ3v) is 5.45. The minimum absolute atomic E-state index is 0.0154. The van der Waals surface area contributed by atoms with E-state index in [2.05, 4.69) is 32.2 Å². The zero-order chi connectivity index (χ0) is 25.0. The molecule has 10 heteroatoms. The van der Waals surface area contributed by atoms with Gasteiger partial charge in [-0.2, -0.15) is 0 Å². The SMILES string of the molecule is C=CCNc1nccc(-c2[nH]c(C3OCC(C)(C(=O)NC(C)C)CO3)nc2-c2ccc(F)cc2)n1. The van der Waals surface area contributed by atoms with E-state index in [1.165, 1.54) is 12.1 Å². The van der Waals surface area contributed by atoms with E-state index in [0.717, 1.165) is 0 Å². The van der Waals surface area contributed by atoms with E-state index in [-0.39, 0.29) is 31.0 Å². The van der Waals surface area contributed by atoms with Crippen LogP contribution < -0.4 is 10.6 Å². The molecule has 0 radical (unpaired) electrons. The second kappa shape index (κ2) is 10.3. The van der Waals surface area contributed by atoms with Crippen LogP contribution in [0.15, 0.2) is 49.2 Å². The van der Waals surface area contributed by atoms with Crippen molar-refractivity contribution in [2.45, 2.75) is 33.1 Å². The number of hydrogen-bond acceptors (Lipinski definition) is 7. The summed E-state index contributed by atoms with van der Waals surface area (Å²) in [5.74, 6) is 0.381. The molecule has 4 rings (SSSR count). The molecule has 0 aliphatic carbocycles. The zero-order valence-corrected chi connectivity index (χ0v) is 20.0. The quantitative estimate of drug-likeness (QED) is 0.420. The molecule has 9 nitrogen and oxygen atoms in total. The highest BCUT2D eigenvalue weighted by molar-refractivity contribution is 5.83. The number of aromatic amines is 1. The topological polar surface area (TPSA) is 114 Å². The van der Waals surface area contributed by atoms with Gasteiger partial charge in [0.15, 0.2) is 5.82 Å². The van der Waals surface area contributed by atoms with Crippen LogP contribution in [-0.4, -0.2) is 51.6 Å². The van der Waals surface area contributed by atoms with Crippen LogP contribution in [0.3, 0.4) is 0 Å². The van der Waals surface area contributed by atoms with E-state index < -0.39 is 11.7 Å². The lowest BCUT2D eigenvalue weighted by atomic mass is 9.90. The van der Waals surface area contributed by atoms with Gasteiger partial charge in [-0.15, -0.1) is 6.58 Å². The number of benzene rings is 1. The summed E-state index contributed by atoms with van der Waals surface area (Å²) >= 11 is 0. The summed E-state index contributed by atoms with van der Waals surface area (Å²) in [6.07, 6.45) is 2.54. The van der Waals surface area contributed by atoms with Crippen molar-refractivity contribution in [1.82, 2.24) is 25.3 Å². The summed E-state index contributed by atoms with van der Waals surface area (Å²) in [6.45, 7) is 10.1. The van der Waals surface area contributed by atoms with Crippen molar-refractivity contribution in [2.75, 3.05) is 25.1 Å². The van der Waals surface area contributed by atoms with Gasteiger partial charge in [-0.3, -0.25) is 4.79 Å². The first-order valence-corrected chi connectivity index (χ1v) is 11.4. The number of hydrogen-bond donors (Lipinski definition) is 3. The smallest absolute Gasteiger partial charge is 0.230 e. The van der Waals surface area contributed by atoms with Crippen molar-refractivity contribution in [2.24, 2.45) is 5.41 Å². The fraction of sp³-hybridized carbons (Fsp3) is 0.360. The Bertz CT molecular complexity index is 1190. The molecular weight excluding hydrogens is 451 g/mol. The number of anilines is 1. The van der Waals surface area contributed by atoms with E-state index in [1.807, 2.05) is 13.8 Å². The summed E-state index contributed by atoms with van der Waals surface area (Å²) in [5.41, 5.74) is 1.64. The van der Waals surface area contributed by atoms with Gasteiger partial charge in [0.25, 0.3) is 0 Å². The van der Waals surface area contributed by atoms with Gasteiger partial charge in [0.05, 0.1) is 35.7 Å². The summed E-state index contributed by atoms with van der Waals surface area (Å²) in [6, 6.07) is 7.80. The molecule has 1 aliphatic rings. The lowest BCUT2D eigenvalue weighted by Gasteiger charge is -2.35. The molecule has 0 saturated carbocycles. The van der Waals surface area contributed by atoms with Crippen LogP contribution >= 0.6 is 0 Å². The summed E-state index contributed by atoms with van der Waals surface area (Å²) < 4.78 is 25.4. The van der Waals surface area contributed by atoms with Crippen molar-refractivity contribution in [3.63, 3.8) is 0 Å². The Labute approximate surface area is 203 Å². The van der Waals surface area contributed by atoms with Crippen LogP contribution in [-0.2, 0) is 14.3 Å². The Kier molecular flexibility index (Phi) is 7.23. The van der Waals surface area contributed by atoms with E-state index in [1.54, 1.807) is 37.4 Å². The first-order chi connectivity index (χ1) is 16.8. The average Bonchev–Trinajstić information content (AvgIpc) is 3.29. The van der Waals surface area contributed by atoms with Gasteiger partial charge in [0.2, 0.25) is 18.1 Å². The zero-order valence-electron chi connectivity index (χ0n) is 20.0. The molecule has 1 aromatic carbocycles. The number of H-pyrrole nitrogens is 1. The number of carbonyl (C=O) groups is 1. The molecule has 3 aromatic rings. The molecule has 1 amide bonds. The number of ether oxygens (including phenoxy) is 2. The molecule has 1 saturated heterocycles. The van der Waals surface area contributed by atoms with E-state index in [0.29, 0.717) is 41.0 Å². The van der Waals surface area contributed by atoms with Crippen LogP contribution in [0.5, 0.6) is 0 Å². The molecular formula is C25H29FN6O3. The third kappa shape index (κ3) is 5.55. The predicted octanol–water partition coefficient (Wildman–Crippen LogP) is 3.85. The number of imidazole rings is 1. The van der Waals surface area contributed by atoms with Gasteiger partial charge >= 0.3 is 0 Å². The molecule has 184 valence electrons. The van der Waals surface area contributed by atoms with Gasteiger partial charge in [0, 0.05) is 24.3 Å². The summed E-state index contributed by atoms with van der Waals surface area (Å²) in [4.78, 5) is 29.4.